The Morgan fingerprint density at radius 1 is 0.418 bits per heavy atom. The summed E-state index contributed by atoms with van der Waals surface area (Å²) in [4.78, 5) is 0. The number of hydrogen-bond donors (Lipinski definition) is 0. The van der Waals surface area contributed by atoms with Crippen molar-refractivity contribution in [2.75, 3.05) is 13.2 Å². The molecule has 6 aromatic carbocycles. The lowest BCUT2D eigenvalue weighted by atomic mass is 10.2. The maximum absolute atomic E-state index is 5.96. The maximum Gasteiger partial charge on any atom is 0.119 e. The number of halogens is 1. The molecule has 0 aliphatic rings. The summed E-state index contributed by atoms with van der Waals surface area (Å²) < 4.78 is 11.7. The van der Waals surface area contributed by atoms with Crippen LogP contribution in [0.15, 0.2) is 182 Å². The summed E-state index contributed by atoms with van der Waals surface area (Å²) in [5.41, 5.74) is 3.73. The average molecular weight is 813 g/mol. The molecule has 284 valence electrons. The highest BCUT2D eigenvalue weighted by Crippen LogP contribution is 2.58. The summed E-state index contributed by atoms with van der Waals surface area (Å²) >= 11 is 0. The van der Waals surface area contributed by atoms with Crippen LogP contribution in [0.25, 0.3) is 12.2 Å². The van der Waals surface area contributed by atoms with E-state index < -0.39 is 7.26 Å². The first-order valence-electron chi connectivity index (χ1n) is 19.6. The molecule has 0 heterocycles. The highest BCUT2D eigenvalue weighted by molar-refractivity contribution is 8.93. The van der Waals surface area contributed by atoms with Crippen molar-refractivity contribution in [2.24, 2.45) is 0 Å². The highest BCUT2D eigenvalue weighted by Gasteiger charge is 2.45. The standard InChI is InChI=1S/C30H32OP.C21H24O.BrH/c1-2-3-13-24-31-27-22-20-26(21-23-27)25-32(28-14-7-4-8-15-28,29-16-9-5-10-17-29)30-18-11-6-12-19-30;1-2-3-9-18-22-21-16-14-20(15-17-21)13-8-7-12-19-10-5-4-6-11-19;/h4-12,14-23H,2-3,13,24-25H2,1H3;4-8,10-17H,2-3,9,18H2,1H3;1H/q+1;;/b;12-7+,13-8+;. The maximum atomic E-state index is 5.96. The monoisotopic (exact) mass is 811 g/mol. The number of ether oxygens (including phenoxy) is 2. The lowest BCUT2D eigenvalue weighted by molar-refractivity contribution is 0.306. The molecule has 0 spiro atoms. The van der Waals surface area contributed by atoms with Gasteiger partial charge >= 0.3 is 0 Å². The van der Waals surface area contributed by atoms with E-state index in [1.807, 2.05) is 30.3 Å². The van der Waals surface area contributed by atoms with Crippen molar-refractivity contribution in [3.05, 3.63) is 199 Å². The first-order chi connectivity index (χ1) is 26.7. The molecule has 0 amide bonds. The van der Waals surface area contributed by atoms with E-state index in [1.165, 1.54) is 58.3 Å². The topological polar surface area (TPSA) is 18.5 Å². The van der Waals surface area contributed by atoms with Gasteiger partial charge in [-0.3, -0.25) is 0 Å². The van der Waals surface area contributed by atoms with E-state index in [-0.39, 0.29) is 17.0 Å². The Hall–Kier alpha value is -4.69. The molecule has 0 aliphatic carbocycles. The Morgan fingerprint density at radius 2 is 0.782 bits per heavy atom. The van der Waals surface area contributed by atoms with Crippen molar-refractivity contribution < 1.29 is 9.47 Å². The molecule has 6 rings (SSSR count). The zero-order chi connectivity index (χ0) is 37.5. The minimum atomic E-state index is -1.86. The van der Waals surface area contributed by atoms with Crippen LogP contribution in [0, 0.1) is 0 Å². The Bertz CT molecular complexity index is 1830. The molecule has 2 nitrogen and oxygen atoms in total. The summed E-state index contributed by atoms with van der Waals surface area (Å²) in [6, 6.07) is 60.5. The quantitative estimate of drug-likeness (QED) is 0.0489. The van der Waals surface area contributed by atoms with E-state index in [9.17, 15) is 0 Å². The lowest BCUT2D eigenvalue weighted by Crippen LogP contribution is -2.32. The summed E-state index contributed by atoms with van der Waals surface area (Å²) in [6.07, 6.45) is 16.4. The van der Waals surface area contributed by atoms with Crippen molar-refractivity contribution in [1.82, 2.24) is 0 Å². The fourth-order valence-electron chi connectivity index (χ4n) is 6.39. The number of rotatable bonds is 18. The van der Waals surface area contributed by atoms with Gasteiger partial charge in [-0.15, -0.1) is 17.0 Å². The first kappa shape index (κ1) is 43.0. The van der Waals surface area contributed by atoms with Crippen LogP contribution in [0.1, 0.15) is 69.1 Å². The fraction of sp³-hybridized carbons (Fsp3) is 0.216. The van der Waals surface area contributed by atoms with Gasteiger partial charge < -0.3 is 9.47 Å². The zero-order valence-electron chi connectivity index (χ0n) is 32.5. The van der Waals surface area contributed by atoms with Crippen molar-refractivity contribution >= 4 is 52.3 Å². The van der Waals surface area contributed by atoms with Gasteiger partial charge in [-0.25, -0.2) is 0 Å². The van der Waals surface area contributed by atoms with Crippen LogP contribution in [0.4, 0.5) is 0 Å². The van der Waals surface area contributed by atoms with Crippen molar-refractivity contribution in [3.8, 4) is 11.5 Å². The van der Waals surface area contributed by atoms with Crippen LogP contribution in [0.2, 0.25) is 0 Å². The third kappa shape index (κ3) is 13.8. The van der Waals surface area contributed by atoms with Crippen LogP contribution < -0.4 is 25.4 Å². The predicted octanol–water partition coefficient (Wildman–Crippen LogP) is 13.3. The Balaban J connectivity index is 0.000000257. The second-order valence-electron chi connectivity index (χ2n) is 13.4. The summed E-state index contributed by atoms with van der Waals surface area (Å²) in [5.74, 6) is 1.92. The van der Waals surface area contributed by atoms with Crippen LogP contribution in [0.3, 0.4) is 0 Å². The Kier molecular flexibility index (Phi) is 19.3. The van der Waals surface area contributed by atoms with Crippen LogP contribution in [-0.4, -0.2) is 13.2 Å². The van der Waals surface area contributed by atoms with Gasteiger partial charge in [-0.2, -0.15) is 0 Å². The molecule has 0 bridgehead atoms. The zero-order valence-corrected chi connectivity index (χ0v) is 35.1. The van der Waals surface area contributed by atoms with Gasteiger partial charge in [0, 0.05) is 0 Å². The molecule has 0 unspecified atom stereocenters. The van der Waals surface area contributed by atoms with Gasteiger partial charge in [0.15, 0.2) is 0 Å². The van der Waals surface area contributed by atoms with Gasteiger partial charge in [-0.1, -0.05) is 173 Å². The summed E-state index contributed by atoms with van der Waals surface area (Å²) in [7, 11) is -1.86. The van der Waals surface area contributed by atoms with Crippen LogP contribution >= 0.6 is 24.2 Å². The van der Waals surface area contributed by atoms with Crippen molar-refractivity contribution in [1.29, 1.82) is 0 Å². The number of unbranched alkanes of at least 4 members (excludes halogenated alkanes) is 4. The molecule has 0 aliphatic heterocycles. The van der Waals surface area contributed by atoms with Gasteiger partial charge in [0.05, 0.1) is 19.4 Å². The summed E-state index contributed by atoms with van der Waals surface area (Å²) in [6.45, 7) is 6.02. The van der Waals surface area contributed by atoms with E-state index in [0.29, 0.717) is 0 Å². The molecule has 0 radical (unpaired) electrons. The second-order valence-corrected chi connectivity index (χ2v) is 16.9. The first-order valence-corrected chi connectivity index (χ1v) is 21.6. The molecular weight excluding hydrogens is 755 g/mol. The van der Waals surface area contributed by atoms with E-state index in [4.69, 9.17) is 9.47 Å². The fourth-order valence-corrected chi connectivity index (χ4v) is 10.6. The molecular formula is C51H57BrO2P+. The minimum Gasteiger partial charge on any atom is -0.494 e. The molecule has 0 atom stereocenters. The molecule has 0 N–H and O–H groups in total. The van der Waals surface area contributed by atoms with Crippen LogP contribution in [-0.2, 0) is 6.16 Å². The molecule has 0 saturated heterocycles. The van der Waals surface area contributed by atoms with Crippen LogP contribution in [0.5, 0.6) is 11.5 Å². The molecule has 6 aromatic rings. The largest absolute Gasteiger partial charge is 0.494 e. The SMILES string of the molecule is Br.CCCCCOc1ccc(/C=C/C=C/c2ccccc2)cc1.CCCCCOc1ccc(C[P+](c2ccccc2)(c2ccccc2)c2ccccc2)cc1. The van der Waals surface area contributed by atoms with Gasteiger partial charge in [0.2, 0.25) is 0 Å². The molecule has 55 heavy (non-hydrogen) atoms. The predicted molar refractivity (Wildman–Crippen MR) is 247 cm³/mol. The average Bonchev–Trinajstić information content (AvgIpc) is 3.24. The Labute approximate surface area is 342 Å². The van der Waals surface area contributed by atoms with Crippen molar-refractivity contribution in [2.45, 2.75) is 58.5 Å². The van der Waals surface area contributed by atoms with E-state index >= 15 is 0 Å². The van der Waals surface area contributed by atoms with E-state index in [0.717, 1.165) is 43.7 Å². The molecule has 0 aromatic heterocycles. The number of hydrogen-bond acceptors (Lipinski definition) is 2. The van der Waals surface area contributed by atoms with Crippen molar-refractivity contribution in [3.63, 3.8) is 0 Å². The van der Waals surface area contributed by atoms with E-state index in [2.05, 4.69) is 178 Å². The molecule has 0 saturated carbocycles. The lowest BCUT2D eigenvalue weighted by Gasteiger charge is -2.28. The summed E-state index contributed by atoms with van der Waals surface area (Å²) in [5, 5.41) is 4.24. The van der Waals surface area contributed by atoms with Gasteiger partial charge in [0.25, 0.3) is 0 Å². The van der Waals surface area contributed by atoms with Gasteiger partial charge in [-0.05, 0) is 90.2 Å². The molecule has 0 fully saturated rings. The number of allylic oxidation sites excluding steroid dienone is 2. The Morgan fingerprint density at radius 3 is 1.18 bits per heavy atom. The minimum absolute atomic E-state index is 0. The molecule has 4 heteroatoms. The third-order valence-electron chi connectivity index (χ3n) is 9.34. The number of benzene rings is 6. The third-order valence-corrected chi connectivity index (χ3v) is 13.7. The van der Waals surface area contributed by atoms with Gasteiger partial charge in [0.1, 0.15) is 34.7 Å². The smallest absolute Gasteiger partial charge is 0.119 e. The van der Waals surface area contributed by atoms with E-state index in [1.54, 1.807) is 0 Å². The highest BCUT2D eigenvalue weighted by atomic mass is 79.9. The normalized spacial score (nSPS) is 11.1. The second kappa shape index (κ2) is 24.7.